The lowest BCUT2D eigenvalue weighted by Gasteiger charge is -2.33. The second-order valence-electron chi connectivity index (χ2n) is 5.26. The molecule has 19 heavy (non-hydrogen) atoms. The Morgan fingerprint density at radius 2 is 1.95 bits per heavy atom. The van der Waals surface area contributed by atoms with E-state index in [-0.39, 0.29) is 0 Å². The number of nitrogens with two attached hydrogens (primary N) is 1. The number of aryl methyl sites for hydroxylation is 1. The van der Waals surface area contributed by atoms with Crippen LogP contribution in [0.4, 0.5) is 0 Å². The van der Waals surface area contributed by atoms with Crippen molar-refractivity contribution >= 4 is 0 Å². The minimum absolute atomic E-state index is 0.352. The van der Waals surface area contributed by atoms with Gasteiger partial charge < -0.3 is 10.5 Å². The van der Waals surface area contributed by atoms with Crippen molar-refractivity contribution < 1.29 is 4.74 Å². The molecule has 3 nitrogen and oxygen atoms in total. The van der Waals surface area contributed by atoms with E-state index in [9.17, 15) is 0 Å². The van der Waals surface area contributed by atoms with Crippen LogP contribution in [0.3, 0.4) is 0 Å². The molecule has 0 bridgehead atoms. The van der Waals surface area contributed by atoms with Crippen molar-refractivity contribution in [3.63, 3.8) is 0 Å². The Bertz CT molecular complexity index is 375. The number of hydrogen-bond donors (Lipinski definition) is 1. The highest BCUT2D eigenvalue weighted by Crippen LogP contribution is 2.19. The van der Waals surface area contributed by atoms with Crippen molar-refractivity contribution in [2.24, 2.45) is 5.73 Å². The number of likely N-dealkylation sites (tertiary alicyclic amines) is 1. The van der Waals surface area contributed by atoms with Gasteiger partial charge in [-0.2, -0.15) is 0 Å². The van der Waals surface area contributed by atoms with Crippen LogP contribution in [0.5, 0.6) is 5.75 Å². The van der Waals surface area contributed by atoms with Gasteiger partial charge in [0.15, 0.2) is 0 Å². The van der Waals surface area contributed by atoms with Crippen LogP contribution >= 0.6 is 0 Å². The molecule has 1 aliphatic rings. The summed E-state index contributed by atoms with van der Waals surface area (Å²) in [5, 5.41) is 0. The van der Waals surface area contributed by atoms with Crippen molar-refractivity contribution in [1.29, 1.82) is 0 Å². The maximum absolute atomic E-state index is 6.01. The van der Waals surface area contributed by atoms with Crippen molar-refractivity contribution in [2.45, 2.75) is 38.6 Å². The first-order chi connectivity index (χ1) is 9.35. The van der Waals surface area contributed by atoms with Gasteiger partial charge in [-0.05, 0) is 44.0 Å². The fourth-order valence-electron chi connectivity index (χ4n) is 2.73. The second-order valence-corrected chi connectivity index (χ2v) is 5.26. The Labute approximate surface area is 116 Å². The molecule has 0 radical (unpaired) electrons. The number of benzene rings is 1. The Kier molecular flexibility index (Phi) is 5.67. The lowest BCUT2D eigenvalue weighted by atomic mass is 10.1. The quantitative estimate of drug-likeness (QED) is 0.856. The third-order valence-electron chi connectivity index (χ3n) is 3.96. The zero-order valence-corrected chi connectivity index (χ0v) is 12.0. The number of rotatable bonds is 6. The maximum Gasteiger partial charge on any atom is 0.122 e. The molecule has 3 heteroatoms. The average Bonchev–Trinajstić information content (AvgIpc) is 2.49. The predicted molar refractivity (Wildman–Crippen MR) is 79.6 cm³/mol. The highest BCUT2D eigenvalue weighted by atomic mass is 16.5. The van der Waals surface area contributed by atoms with E-state index in [0.717, 1.165) is 12.2 Å². The number of para-hydroxylation sites is 1. The second kappa shape index (κ2) is 7.51. The average molecular weight is 262 g/mol. The van der Waals surface area contributed by atoms with Gasteiger partial charge in [0.2, 0.25) is 0 Å². The highest BCUT2D eigenvalue weighted by molar-refractivity contribution is 5.33. The van der Waals surface area contributed by atoms with E-state index in [1.165, 1.54) is 37.9 Å². The zero-order chi connectivity index (χ0) is 13.5. The molecule has 1 aliphatic heterocycles. The van der Waals surface area contributed by atoms with E-state index in [4.69, 9.17) is 10.5 Å². The summed E-state index contributed by atoms with van der Waals surface area (Å²) in [5.41, 5.74) is 7.19. The minimum atomic E-state index is 0.352. The molecule has 1 saturated heterocycles. The first-order valence-corrected chi connectivity index (χ1v) is 7.50. The summed E-state index contributed by atoms with van der Waals surface area (Å²) >= 11 is 0. The van der Waals surface area contributed by atoms with Crippen molar-refractivity contribution in [3.8, 4) is 5.75 Å². The molecule has 2 rings (SSSR count). The highest BCUT2D eigenvalue weighted by Gasteiger charge is 2.20. The van der Waals surface area contributed by atoms with Crippen LogP contribution < -0.4 is 10.5 Å². The third-order valence-corrected chi connectivity index (χ3v) is 3.96. The summed E-state index contributed by atoms with van der Waals surface area (Å²) in [6.07, 6.45) is 4.95. The first-order valence-electron chi connectivity index (χ1n) is 7.50. The van der Waals surface area contributed by atoms with Crippen molar-refractivity contribution in [1.82, 2.24) is 4.90 Å². The van der Waals surface area contributed by atoms with Gasteiger partial charge in [0, 0.05) is 6.54 Å². The van der Waals surface area contributed by atoms with Gasteiger partial charge in [-0.25, -0.2) is 0 Å². The molecule has 0 spiro atoms. The summed E-state index contributed by atoms with van der Waals surface area (Å²) in [6.45, 7) is 5.87. The summed E-state index contributed by atoms with van der Waals surface area (Å²) in [4.78, 5) is 2.48. The monoisotopic (exact) mass is 262 g/mol. The van der Waals surface area contributed by atoms with Gasteiger partial charge in [0.25, 0.3) is 0 Å². The fourth-order valence-corrected chi connectivity index (χ4v) is 2.73. The van der Waals surface area contributed by atoms with Gasteiger partial charge >= 0.3 is 0 Å². The molecule has 106 valence electrons. The van der Waals surface area contributed by atoms with E-state index in [1.54, 1.807) is 0 Å². The molecular formula is C16H26N2O. The van der Waals surface area contributed by atoms with Crippen LogP contribution in [0.15, 0.2) is 24.3 Å². The van der Waals surface area contributed by atoms with E-state index in [2.05, 4.69) is 30.0 Å². The van der Waals surface area contributed by atoms with E-state index >= 15 is 0 Å². The Morgan fingerprint density at radius 1 is 1.21 bits per heavy atom. The molecule has 1 atom stereocenters. The van der Waals surface area contributed by atoms with Crippen LogP contribution in [0.25, 0.3) is 0 Å². The largest absolute Gasteiger partial charge is 0.492 e. The lowest BCUT2D eigenvalue weighted by Crippen LogP contribution is -2.46. The van der Waals surface area contributed by atoms with E-state index < -0.39 is 0 Å². The number of nitrogens with zero attached hydrogens (tertiary/aromatic N) is 1. The van der Waals surface area contributed by atoms with Crippen molar-refractivity contribution in [2.75, 3.05) is 26.2 Å². The van der Waals surface area contributed by atoms with E-state index in [0.29, 0.717) is 19.2 Å². The molecule has 1 unspecified atom stereocenters. The molecular weight excluding hydrogens is 236 g/mol. The Morgan fingerprint density at radius 3 is 2.63 bits per heavy atom. The molecule has 0 aromatic heterocycles. The molecule has 1 aromatic rings. The zero-order valence-electron chi connectivity index (χ0n) is 12.0. The summed E-state index contributed by atoms with van der Waals surface area (Å²) < 4.78 is 6.01. The van der Waals surface area contributed by atoms with Gasteiger partial charge in [0.1, 0.15) is 12.4 Å². The van der Waals surface area contributed by atoms with Crippen LogP contribution in [-0.2, 0) is 6.42 Å². The molecule has 1 aromatic carbocycles. The molecule has 2 N–H and O–H groups in total. The van der Waals surface area contributed by atoms with Crippen LogP contribution in [0, 0.1) is 0 Å². The summed E-state index contributed by atoms with van der Waals surface area (Å²) in [5.74, 6) is 1.01. The SMILES string of the molecule is CCc1ccccc1OCC(CN)N1CCCCC1. The smallest absolute Gasteiger partial charge is 0.122 e. The fraction of sp³-hybridized carbons (Fsp3) is 0.625. The van der Waals surface area contributed by atoms with Crippen LogP contribution in [0.2, 0.25) is 0 Å². The van der Waals surface area contributed by atoms with E-state index in [1.807, 2.05) is 6.07 Å². The van der Waals surface area contributed by atoms with Gasteiger partial charge in [-0.15, -0.1) is 0 Å². The summed E-state index contributed by atoms with van der Waals surface area (Å²) in [7, 11) is 0. The number of piperidine rings is 1. The van der Waals surface area contributed by atoms with Gasteiger partial charge in [-0.3, -0.25) is 4.90 Å². The number of hydrogen-bond acceptors (Lipinski definition) is 3. The van der Waals surface area contributed by atoms with Crippen molar-refractivity contribution in [3.05, 3.63) is 29.8 Å². The predicted octanol–water partition coefficient (Wildman–Crippen LogP) is 2.44. The minimum Gasteiger partial charge on any atom is -0.492 e. The normalized spacial score (nSPS) is 18.2. The molecule has 0 saturated carbocycles. The third kappa shape index (κ3) is 3.95. The lowest BCUT2D eigenvalue weighted by molar-refractivity contribution is 0.118. The first kappa shape index (κ1) is 14.4. The number of ether oxygens (including phenoxy) is 1. The topological polar surface area (TPSA) is 38.5 Å². The van der Waals surface area contributed by atoms with Crippen LogP contribution in [0.1, 0.15) is 31.7 Å². The van der Waals surface area contributed by atoms with Crippen LogP contribution in [-0.4, -0.2) is 37.2 Å². The maximum atomic E-state index is 6.01. The summed E-state index contributed by atoms with van der Waals surface area (Å²) in [6, 6.07) is 8.64. The van der Waals surface area contributed by atoms with Gasteiger partial charge in [-0.1, -0.05) is 31.5 Å². The molecule has 1 heterocycles. The molecule has 0 amide bonds. The molecule has 1 fully saturated rings. The standard InChI is InChI=1S/C16H26N2O/c1-2-14-8-4-5-9-16(14)19-13-15(12-17)18-10-6-3-7-11-18/h4-5,8-9,15H,2-3,6-7,10-13,17H2,1H3. The van der Waals surface area contributed by atoms with Gasteiger partial charge in [0.05, 0.1) is 6.04 Å². The Balaban J connectivity index is 1.91. The molecule has 0 aliphatic carbocycles. The Hall–Kier alpha value is -1.06.